The van der Waals surface area contributed by atoms with Crippen LogP contribution in [0.5, 0.6) is 0 Å². The Labute approximate surface area is 272 Å². The molecule has 0 unspecified atom stereocenters. The SMILES string of the molecule is [2H]C([2H])([2H])CCCCCCCCCCCC([2H])([2H])C([2H])([2H])C([2H])([2H])C(=O)OC[C@H](CO)OC(=O)C=CC=CC=CCCCCCCCCCCC. The fraction of sp³-hybridized carbons (Fsp3) is 0.784. The van der Waals surface area contributed by atoms with Gasteiger partial charge in [0.05, 0.1) is 6.61 Å². The molecular weight excluding hydrogens is 524 g/mol. The molecule has 0 rings (SSSR count). The van der Waals surface area contributed by atoms with Crippen LogP contribution in [0.25, 0.3) is 0 Å². The van der Waals surface area contributed by atoms with Gasteiger partial charge in [0.1, 0.15) is 6.61 Å². The second-order valence-electron chi connectivity index (χ2n) is 10.7. The van der Waals surface area contributed by atoms with Crippen LogP contribution in [0.4, 0.5) is 0 Å². The minimum Gasteiger partial charge on any atom is -0.462 e. The van der Waals surface area contributed by atoms with Crippen LogP contribution in [0.15, 0.2) is 36.5 Å². The highest BCUT2D eigenvalue weighted by Crippen LogP contribution is 2.13. The predicted octanol–water partition coefficient (Wildman–Crippen LogP) is 10.5. The van der Waals surface area contributed by atoms with Gasteiger partial charge in [-0.1, -0.05) is 173 Å². The predicted molar refractivity (Wildman–Crippen MR) is 178 cm³/mol. The van der Waals surface area contributed by atoms with Gasteiger partial charge in [-0.05, 0) is 19.2 Å². The largest absolute Gasteiger partial charge is 0.462 e. The second kappa shape index (κ2) is 33.6. The highest BCUT2D eigenvalue weighted by molar-refractivity contribution is 5.82. The molecule has 0 radical (unpaired) electrons. The standard InChI is InChI=1S/C37H66O5/c1-3-5-7-9-11-13-15-17-18-20-22-24-26-28-30-32-37(40)42-35(33-38)34-41-36(39)31-29-27-25-23-21-19-16-14-12-10-8-6-4-2/h22,24,26,28,30,32,35,38H,3-21,23,25,27,29,31,33-34H2,1-2H3/t35-/m0/s1/i2D3,27D2,29D2,31D2. The van der Waals surface area contributed by atoms with Crippen LogP contribution in [-0.2, 0) is 19.1 Å². The first kappa shape index (κ1) is 26.5. The van der Waals surface area contributed by atoms with Crippen molar-refractivity contribution in [2.75, 3.05) is 13.2 Å². The minimum absolute atomic E-state index is 0.227. The summed E-state index contributed by atoms with van der Waals surface area (Å²) in [7, 11) is 0. The molecule has 1 N–H and O–H groups in total. The number of unbranched alkanes of at least 4 members (excludes halogenated alkanes) is 17. The molecule has 1 atom stereocenters. The number of allylic oxidation sites excluding steroid dienone is 5. The van der Waals surface area contributed by atoms with Crippen LogP contribution >= 0.6 is 0 Å². The Morgan fingerprint density at radius 2 is 1.26 bits per heavy atom. The molecule has 0 bridgehead atoms. The fourth-order valence-corrected chi connectivity index (χ4v) is 4.28. The highest BCUT2D eigenvalue weighted by Gasteiger charge is 2.14. The summed E-state index contributed by atoms with van der Waals surface area (Å²) in [5, 5.41) is 9.57. The Hall–Kier alpha value is -1.88. The lowest BCUT2D eigenvalue weighted by Gasteiger charge is -2.14. The van der Waals surface area contributed by atoms with E-state index in [1.807, 2.05) is 6.08 Å². The zero-order valence-corrected chi connectivity index (χ0v) is 26.4. The van der Waals surface area contributed by atoms with Gasteiger partial charge in [-0.3, -0.25) is 4.79 Å². The number of esters is 2. The summed E-state index contributed by atoms with van der Waals surface area (Å²) in [6, 6.07) is 0. The molecule has 0 aliphatic rings. The summed E-state index contributed by atoms with van der Waals surface area (Å²) in [6.07, 6.45) is 18.8. The van der Waals surface area contributed by atoms with Gasteiger partial charge in [-0.15, -0.1) is 0 Å². The van der Waals surface area contributed by atoms with Crippen LogP contribution in [0, 0.1) is 0 Å². The molecule has 0 saturated heterocycles. The summed E-state index contributed by atoms with van der Waals surface area (Å²) in [4.78, 5) is 24.7. The quantitative estimate of drug-likeness (QED) is 0.0371. The van der Waals surface area contributed by atoms with Crippen molar-refractivity contribution in [2.24, 2.45) is 0 Å². The monoisotopic (exact) mass is 600 g/mol. The molecule has 0 amide bonds. The maximum Gasteiger partial charge on any atom is 0.331 e. The lowest BCUT2D eigenvalue weighted by molar-refractivity contribution is -0.157. The number of carbonyl (C=O) groups excluding carboxylic acids is 2. The van der Waals surface area contributed by atoms with Crippen molar-refractivity contribution in [1.29, 1.82) is 0 Å². The van der Waals surface area contributed by atoms with Crippen molar-refractivity contribution in [1.82, 2.24) is 0 Å². The van der Waals surface area contributed by atoms with Gasteiger partial charge in [0.25, 0.3) is 0 Å². The smallest absolute Gasteiger partial charge is 0.331 e. The van der Waals surface area contributed by atoms with Gasteiger partial charge in [-0.2, -0.15) is 0 Å². The van der Waals surface area contributed by atoms with E-state index in [0.29, 0.717) is 19.3 Å². The molecule has 42 heavy (non-hydrogen) atoms. The normalized spacial score (nSPS) is 17.0. The van der Waals surface area contributed by atoms with E-state index in [9.17, 15) is 14.7 Å². The van der Waals surface area contributed by atoms with Gasteiger partial charge >= 0.3 is 11.9 Å². The minimum atomic E-state index is -3.35. The Morgan fingerprint density at radius 1 is 0.714 bits per heavy atom. The van der Waals surface area contributed by atoms with Gasteiger partial charge in [0.2, 0.25) is 0 Å². The van der Waals surface area contributed by atoms with Crippen LogP contribution in [0.2, 0.25) is 0 Å². The molecule has 0 aliphatic carbocycles. The fourth-order valence-electron chi connectivity index (χ4n) is 4.28. The van der Waals surface area contributed by atoms with Crippen LogP contribution in [0.1, 0.15) is 180 Å². The van der Waals surface area contributed by atoms with Gasteiger partial charge in [-0.25, -0.2) is 4.79 Å². The van der Waals surface area contributed by atoms with E-state index >= 15 is 0 Å². The molecular formula is C37H66O5. The van der Waals surface area contributed by atoms with E-state index in [1.165, 1.54) is 57.4 Å². The highest BCUT2D eigenvalue weighted by atomic mass is 16.6. The van der Waals surface area contributed by atoms with Crippen molar-refractivity contribution < 1.29 is 36.5 Å². The number of aliphatic hydroxyl groups is 1. The third kappa shape index (κ3) is 31.1. The van der Waals surface area contributed by atoms with E-state index in [0.717, 1.165) is 57.4 Å². The molecule has 0 aromatic carbocycles. The molecule has 5 heteroatoms. The van der Waals surface area contributed by atoms with Crippen molar-refractivity contribution in [3.8, 4) is 0 Å². The summed E-state index contributed by atoms with van der Waals surface area (Å²) in [5.41, 5.74) is 0. The average molecular weight is 600 g/mol. The lowest BCUT2D eigenvalue weighted by atomic mass is 10.0. The van der Waals surface area contributed by atoms with Crippen LogP contribution < -0.4 is 0 Å². The molecule has 0 aromatic rings. The molecule has 244 valence electrons. The molecule has 0 fully saturated rings. The van der Waals surface area contributed by atoms with Crippen molar-refractivity contribution >= 4 is 11.9 Å². The van der Waals surface area contributed by atoms with E-state index in [-0.39, 0.29) is 12.8 Å². The second-order valence-corrected chi connectivity index (χ2v) is 10.7. The van der Waals surface area contributed by atoms with Crippen molar-refractivity contribution in [3.05, 3.63) is 36.5 Å². The maximum absolute atomic E-state index is 12.6. The number of rotatable bonds is 31. The Morgan fingerprint density at radius 3 is 1.86 bits per heavy atom. The van der Waals surface area contributed by atoms with Crippen LogP contribution in [0.3, 0.4) is 0 Å². The third-order valence-corrected chi connectivity index (χ3v) is 6.79. The summed E-state index contributed by atoms with van der Waals surface area (Å²) in [6.45, 7) is -1.11. The first-order valence-corrected chi connectivity index (χ1v) is 16.5. The van der Waals surface area contributed by atoms with Crippen molar-refractivity contribution in [2.45, 2.75) is 174 Å². The Bertz CT molecular complexity index is 1010. The van der Waals surface area contributed by atoms with E-state index in [2.05, 4.69) is 13.0 Å². The summed E-state index contributed by atoms with van der Waals surface area (Å²) in [5.74, 6) is -2.48. The first-order chi connectivity index (χ1) is 24.0. The Balaban J connectivity index is 4.45. The molecule has 0 saturated carbocycles. The average Bonchev–Trinajstić information content (AvgIpc) is 3.06. The molecule has 0 aromatic heterocycles. The zero-order valence-electron chi connectivity index (χ0n) is 35.4. The molecule has 0 spiro atoms. The third-order valence-electron chi connectivity index (χ3n) is 6.79. The molecule has 0 aliphatic heterocycles. The topological polar surface area (TPSA) is 72.8 Å². The van der Waals surface area contributed by atoms with Gasteiger partial charge in [0.15, 0.2) is 6.10 Å². The summed E-state index contributed by atoms with van der Waals surface area (Å²) >= 11 is 0. The van der Waals surface area contributed by atoms with Gasteiger partial charge in [0, 0.05) is 24.8 Å². The van der Waals surface area contributed by atoms with Crippen molar-refractivity contribution in [3.63, 3.8) is 0 Å². The van der Waals surface area contributed by atoms with E-state index in [1.54, 1.807) is 12.2 Å². The zero-order chi connectivity index (χ0) is 38.7. The Kier molecular flexibility index (Phi) is 21.2. The molecule has 5 nitrogen and oxygen atoms in total. The van der Waals surface area contributed by atoms with Crippen LogP contribution in [-0.4, -0.2) is 36.4 Å². The number of ether oxygens (including phenoxy) is 2. The number of hydrogen-bond donors (Lipinski definition) is 1. The van der Waals surface area contributed by atoms with E-state index in [4.69, 9.17) is 21.8 Å². The molecule has 0 heterocycles. The number of carbonyl (C=O) groups is 2. The lowest BCUT2D eigenvalue weighted by Crippen LogP contribution is -2.27. The number of aliphatic hydroxyl groups excluding tert-OH is 1. The van der Waals surface area contributed by atoms with E-state index < -0.39 is 57.2 Å². The maximum atomic E-state index is 12.6. The first-order valence-electron chi connectivity index (χ1n) is 21.0. The van der Waals surface area contributed by atoms with Gasteiger partial charge < -0.3 is 14.6 Å². The summed E-state index contributed by atoms with van der Waals surface area (Å²) < 4.78 is 80.6. The number of hydrogen-bond acceptors (Lipinski definition) is 5.